The lowest BCUT2D eigenvalue weighted by molar-refractivity contribution is 0.0902. The normalized spacial score (nSPS) is 18.4. The van der Waals surface area contributed by atoms with Crippen LogP contribution in [0.3, 0.4) is 0 Å². The Bertz CT molecular complexity index is 876. The minimum atomic E-state index is -0.360. The van der Waals surface area contributed by atoms with Crippen LogP contribution in [0.1, 0.15) is 58.1 Å². The molecule has 2 aliphatic heterocycles. The summed E-state index contributed by atoms with van der Waals surface area (Å²) in [5.74, 6) is -0.634. The Kier molecular flexibility index (Phi) is 8.19. The molecule has 0 bridgehead atoms. The summed E-state index contributed by atoms with van der Waals surface area (Å²) in [6.07, 6.45) is 7.51. The average Bonchev–Trinajstić information content (AvgIpc) is 3.34. The zero-order valence-electron chi connectivity index (χ0n) is 18.5. The highest BCUT2D eigenvalue weighted by molar-refractivity contribution is 7.15. The van der Waals surface area contributed by atoms with Crippen LogP contribution in [0, 0.1) is 0 Å². The Morgan fingerprint density at radius 1 is 0.938 bits per heavy atom. The van der Waals surface area contributed by atoms with E-state index in [0.29, 0.717) is 12.2 Å². The third-order valence-electron chi connectivity index (χ3n) is 6.25. The second-order valence-corrected chi connectivity index (χ2v) is 9.49. The van der Waals surface area contributed by atoms with Crippen molar-refractivity contribution in [2.45, 2.75) is 44.6 Å². The van der Waals surface area contributed by atoms with E-state index in [1.807, 2.05) is 18.2 Å². The van der Waals surface area contributed by atoms with Crippen molar-refractivity contribution >= 4 is 28.8 Å². The number of anilines is 1. The van der Waals surface area contributed by atoms with Crippen molar-refractivity contribution in [3.05, 3.63) is 40.3 Å². The molecule has 1 aromatic carbocycles. The van der Waals surface area contributed by atoms with Gasteiger partial charge in [0.15, 0.2) is 0 Å². The Balaban J connectivity index is 1.13. The summed E-state index contributed by atoms with van der Waals surface area (Å²) in [4.78, 5) is 29.8. The number of carbonyl (C=O) groups is 2. The molecule has 0 spiro atoms. The molecule has 2 saturated heterocycles. The van der Waals surface area contributed by atoms with Gasteiger partial charge in [-0.1, -0.05) is 36.0 Å². The first-order valence-corrected chi connectivity index (χ1v) is 12.5. The fraction of sp³-hybridized carbons (Fsp3) is 0.565. The zero-order chi connectivity index (χ0) is 22.2. The lowest BCUT2D eigenvalue weighted by atomic mass is 10.00. The van der Waals surface area contributed by atoms with Gasteiger partial charge in [0.1, 0.15) is 0 Å². The van der Waals surface area contributed by atoms with Crippen LogP contribution >= 0.6 is 11.3 Å². The molecule has 8 nitrogen and oxygen atoms in total. The lowest BCUT2D eigenvalue weighted by Crippen LogP contribution is -2.47. The van der Waals surface area contributed by atoms with Gasteiger partial charge >= 0.3 is 0 Å². The maximum atomic E-state index is 12.4. The third-order valence-corrected chi connectivity index (χ3v) is 7.17. The Hall–Kier alpha value is -2.36. The van der Waals surface area contributed by atoms with Crippen LogP contribution in [-0.2, 0) is 0 Å². The number of amides is 2. The topological polar surface area (TPSA) is 90.5 Å². The third kappa shape index (κ3) is 6.34. The number of para-hydroxylation sites is 1. The first kappa shape index (κ1) is 22.8. The number of benzene rings is 1. The molecule has 0 atom stereocenters. The number of nitrogens with zero attached hydrogens (tertiary/aromatic N) is 4. The highest BCUT2D eigenvalue weighted by Crippen LogP contribution is 2.21. The summed E-state index contributed by atoms with van der Waals surface area (Å²) in [7, 11) is 0. The highest BCUT2D eigenvalue weighted by Gasteiger charge is 2.25. The molecule has 2 fully saturated rings. The van der Waals surface area contributed by atoms with E-state index in [0.717, 1.165) is 43.4 Å². The van der Waals surface area contributed by atoms with Gasteiger partial charge in [0.05, 0.1) is 0 Å². The Morgan fingerprint density at radius 2 is 1.62 bits per heavy atom. The van der Waals surface area contributed by atoms with Crippen molar-refractivity contribution in [3.8, 4) is 0 Å². The van der Waals surface area contributed by atoms with Crippen LogP contribution in [-0.4, -0.2) is 77.1 Å². The van der Waals surface area contributed by atoms with Crippen molar-refractivity contribution in [1.82, 2.24) is 25.3 Å². The van der Waals surface area contributed by atoms with Crippen molar-refractivity contribution in [2.24, 2.45) is 0 Å². The molecule has 32 heavy (non-hydrogen) atoms. The van der Waals surface area contributed by atoms with Crippen LogP contribution in [0.25, 0.3) is 0 Å². The number of aromatic nitrogens is 2. The van der Waals surface area contributed by atoms with Gasteiger partial charge in [0.25, 0.3) is 11.8 Å². The van der Waals surface area contributed by atoms with E-state index in [-0.39, 0.29) is 21.8 Å². The van der Waals surface area contributed by atoms with Gasteiger partial charge in [-0.15, -0.1) is 10.2 Å². The second kappa shape index (κ2) is 11.5. The number of carbonyl (C=O) groups excluding carboxylic acids is 2. The molecule has 1 aromatic heterocycles. The number of piperidine rings is 2. The molecule has 2 aromatic rings. The molecule has 2 N–H and O–H groups in total. The quantitative estimate of drug-likeness (QED) is 0.594. The molecule has 0 saturated carbocycles. The number of rotatable bonds is 8. The Labute approximate surface area is 193 Å². The van der Waals surface area contributed by atoms with Crippen LogP contribution in [0.15, 0.2) is 30.3 Å². The SMILES string of the molecule is O=C(NCCCN1CCC(N2CCCCC2)CC1)c1nnc(C(=O)Nc2ccccc2)s1. The minimum absolute atomic E-state index is 0.176. The minimum Gasteiger partial charge on any atom is -0.350 e. The standard InChI is InChI=1S/C23H32N6O2S/c30-20(22-26-27-23(32-22)21(31)25-18-8-3-1-4-9-18)24-12-7-13-28-16-10-19(11-17-28)29-14-5-2-6-15-29/h1,3-4,8-9,19H,2,5-7,10-17H2,(H,24,30)(H,25,31). The molecule has 4 rings (SSSR count). The van der Waals surface area contributed by atoms with Crippen molar-refractivity contribution in [1.29, 1.82) is 0 Å². The van der Waals surface area contributed by atoms with Crippen molar-refractivity contribution < 1.29 is 9.59 Å². The smallest absolute Gasteiger partial charge is 0.286 e. The number of hydrogen-bond acceptors (Lipinski definition) is 7. The molecular weight excluding hydrogens is 424 g/mol. The summed E-state index contributed by atoms with van der Waals surface area (Å²) in [5.41, 5.74) is 0.679. The molecule has 172 valence electrons. The Morgan fingerprint density at radius 3 is 2.34 bits per heavy atom. The van der Waals surface area contributed by atoms with Crippen LogP contribution in [0.4, 0.5) is 5.69 Å². The van der Waals surface area contributed by atoms with Crippen molar-refractivity contribution in [3.63, 3.8) is 0 Å². The fourth-order valence-electron chi connectivity index (χ4n) is 4.48. The van der Waals surface area contributed by atoms with E-state index in [1.54, 1.807) is 12.1 Å². The van der Waals surface area contributed by atoms with Crippen LogP contribution in [0.5, 0.6) is 0 Å². The summed E-state index contributed by atoms with van der Waals surface area (Å²) in [6, 6.07) is 9.90. The van der Waals surface area contributed by atoms with E-state index in [1.165, 1.54) is 45.2 Å². The van der Waals surface area contributed by atoms with Gasteiger partial charge in [-0.25, -0.2) is 0 Å². The predicted octanol–water partition coefficient (Wildman–Crippen LogP) is 2.86. The van der Waals surface area contributed by atoms with E-state index in [4.69, 9.17) is 0 Å². The molecule has 3 heterocycles. The molecule has 9 heteroatoms. The number of hydrogen-bond donors (Lipinski definition) is 2. The van der Waals surface area contributed by atoms with Crippen LogP contribution in [0.2, 0.25) is 0 Å². The monoisotopic (exact) mass is 456 g/mol. The molecule has 2 amide bonds. The van der Waals surface area contributed by atoms with Crippen molar-refractivity contribution in [2.75, 3.05) is 44.6 Å². The lowest BCUT2D eigenvalue weighted by Gasteiger charge is -2.40. The summed E-state index contributed by atoms with van der Waals surface area (Å²) in [6.45, 7) is 6.43. The second-order valence-electron chi connectivity index (χ2n) is 8.51. The highest BCUT2D eigenvalue weighted by atomic mass is 32.1. The van der Waals surface area contributed by atoms with Gasteiger partial charge in [-0.2, -0.15) is 0 Å². The van der Waals surface area contributed by atoms with Crippen LogP contribution < -0.4 is 10.6 Å². The van der Waals surface area contributed by atoms with Gasteiger partial charge in [0, 0.05) is 18.3 Å². The van der Waals surface area contributed by atoms with Gasteiger partial charge in [0.2, 0.25) is 10.0 Å². The van der Waals surface area contributed by atoms with E-state index in [9.17, 15) is 9.59 Å². The zero-order valence-corrected chi connectivity index (χ0v) is 19.3. The first-order chi connectivity index (χ1) is 15.7. The maximum absolute atomic E-state index is 12.4. The molecular formula is C23H32N6O2S. The molecule has 0 unspecified atom stereocenters. The molecule has 2 aliphatic rings. The van der Waals surface area contributed by atoms with Gasteiger partial charge in [-0.05, 0) is 77.0 Å². The molecule has 0 aliphatic carbocycles. The number of likely N-dealkylation sites (tertiary alicyclic amines) is 2. The first-order valence-electron chi connectivity index (χ1n) is 11.6. The molecule has 0 radical (unpaired) electrons. The fourth-order valence-corrected chi connectivity index (χ4v) is 5.14. The van der Waals surface area contributed by atoms with Gasteiger partial charge in [-0.3, -0.25) is 9.59 Å². The van der Waals surface area contributed by atoms with E-state index >= 15 is 0 Å². The summed E-state index contributed by atoms with van der Waals surface area (Å²) >= 11 is 1.01. The van der Waals surface area contributed by atoms with Gasteiger partial charge < -0.3 is 20.4 Å². The average molecular weight is 457 g/mol. The van der Waals surface area contributed by atoms with E-state index in [2.05, 4.69) is 30.6 Å². The van der Waals surface area contributed by atoms with E-state index < -0.39 is 0 Å². The summed E-state index contributed by atoms with van der Waals surface area (Å²) in [5, 5.41) is 13.8. The predicted molar refractivity (Wildman–Crippen MR) is 126 cm³/mol. The summed E-state index contributed by atoms with van der Waals surface area (Å²) < 4.78 is 0. The largest absolute Gasteiger partial charge is 0.350 e. The maximum Gasteiger partial charge on any atom is 0.286 e. The number of nitrogens with one attached hydrogen (secondary N) is 2.